The van der Waals surface area contributed by atoms with Gasteiger partial charge in [-0.15, -0.1) is 0 Å². The molecule has 4 nitrogen and oxygen atoms in total. The van der Waals surface area contributed by atoms with Crippen LogP contribution in [0.3, 0.4) is 0 Å². The molecule has 0 saturated carbocycles. The van der Waals surface area contributed by atoms with E-state index in [1.54, 1.807) is 6.41 Å². The van der Waals surface area contributed by atoms with Gasteiger partial charge in [0.15, 0.2) is 0 Å². The van der Waals surface area contributed by atoms with Crippen molar-refractivity contribution in [2.75, 3.05) is 13.1 Å². The Kier molecular flexibility index (Phi) is 5.67. The van der Waals surface area contributed by atoms with Crippen molar-refractivity contribution in [1.29, 1.82) is 0 Å². The summed E-state index contributed by atoms with van der Waals surface area (Å²) in [5, 5.41) is 8.60. The van der Waals surface area contributed by atoms with Crippen LogP contribution in [0.4, 0.5) is 0 Å². The molecule has 1 rings (SSSR count). The van der Waals surface area contributed by atoms with E-state index in [1.165, 1.54) is 4.90 Å². The molecule has 0 bridgehead atoms. The molecule has 65 valence electrons. The first-order chi connectivity index (χ1) is 5.24. The third-order valence-electron chi connectivity index (χ3n) is 1.90. The summed E-state index contributed by atoms with van der Waals surface area (Å²) in [4.78, 5) is 22.0. The van der Waals surface area contributed by atoms with Gasteiger partial charge in [-0.2, -0.15) is 6.41 Å². The van der Waals surface area contributed by atoms with E-state index in [9.17, 15) is 9.59 Å². The summed E-state index contributed by atoms with van der Waals surface area (Å²) < 4.78 is 0. The molecule has 0 aliphatic carbocycles. The van der Waals surface area contributed by atoms with Gasteiger partial charge in [0.05, 0.1) is 5.92 Å². The number of carboxylic acids is 1. The first-order valence-corrected chi connectivity index (χ1v) is 3.59. The normalized spacial score (nSPS) is 22.7. The molecule has 0 aromatic rings. The van der Waals surface area contributed by atoms with E-state index < -0.39 is 5.97 Å². The molecule has 1 heterocycles. The monoisotopic (exact) mass is 245 g/mol. The maximum Gasteiger partial charge on any atom is 0.308 e. The average Bonchev–Trinajstić information content (AvgIpc) is 2.05. The largest absolute Gasteiger partial charge is 0.520 e. The first-order valence-electron chi connectivity index (χ1n) is 3.59. The molecular formula is C7H10NO3Y-. The third kappa shape index (κ3) is 3.19. The second kappa shape index (κ2) is 5.65. The van der Waals surface area contributed by atoms with E-state index in [-0.39, 0.29) is 38.6 Å². The number of carbonyl (C=O) groups is 1. The summed E-state index contributed by atoms with van der Waals surface area (Å²) in [5.41, 5.74) is 0. The number of likely N-dealkylation sites (tertiary alicyclic amines) is 1. The molecule has 1 aliphatic rings. The van der Waals surface area contributed by atoms with Crippen LogP contribution in [0.2, 0.25) is 0 Å². The van der Waals surface area contributed by atoms with Crippen LogP contribution in [0.15, 0.2) is 0 Å². The van der Waals surface area contributed by atoms with E-state index in [4.69, 9.17) is 5.11 Å². The van der Waals surface area contributed by atoms with Crippen molar-refractivity contribution in [3.8, 4) is 0 Å². The van der Waals surface area contributed by atoms with Crippen LogP contribution in [0.25, 0.3) is 0 Å². The molecule has 1 radical (unpaired) electrons. The molecule has 1 saturated heterocycles. The number of amides is 1. The van der Waals surface area contributed by atoms with Crippen LogP contribution in [-0.4, -0.2) is 35.5 Å². The maximum absolute atomic E-state index is 10.5. The van der Waals surface area contributed by atoms with Crippen LogP contribution in [0, 0.1) is 5.92 Å². The molecule has 1 amide bonds. The fourth-order valence-electron chi connectivity index (χ4n) is 1.26. The van der Waals surface area contributed by atoms with E-state index in [0.29, 0.717) is 19.5 Å². The molecule has 0 aromatic carbocycles. The number of carboxylic acid groups (broad SMARTS) is 1. The number of hydrogen-bond acceptors (Lipinski definition) is 2. The summed E-state index contributed by atoms with van der Waals surface area (Å²) in [6, 6.07) is 0. The Bertz CT molecular complexity index is 174. The summed E-state index contributed by atoms with van der Waals surface area (Å²) in [6.07, 6.45) is 3.15. The standard InChI is InChI=1S/C7H10NO3.Y/c9-5-8-3-1-2-6(4-8)7(10)11;/h6H,1-4H2,(H,10,11);/q-1;. The number of piperidine rings is 1. The van der Waals surface area contributed by atoms with Crippen molar-refractivity contribution in [3.05, 3.63) is 0 Å². The van der Waals surface area contributed by atoms with Crippen LogP contribution < -0.4 is 0 Å². The van der Waals surface area contributed by atoms with Crippen molar-refractivity contribution in [2.24, 2.45) is 5.92 Å². The van der Waals surface area contributed by atoms with Crippen LogP contribution >= 0.6 is 0 Å². The summed E-state index contributed by atoms with van der Waals surface area (Å²) in [5.74, 6) is -1.20. The molecule has 1 aliphatic heterocycles. The predicted molar refractivity (Wildman–Crippen MR) is 37.6 cm³/mol. The van der Waals surface area contributed by atoms with Crippen LogP contribution in [0.1, 0.15) is 12.8 Å². The zero-order valence-corrected chi connectivity index (χ0v) is 9.53. The summed E-state index contributed by atoms with van der Waals surface area (Å²) >= 11 is 0. The number of nitrogens with zero attached hydrogens (tertiary/aromatic N) is 1. The van der Waals surface area contributed by atoms with Gasteiger partial charge < -0.3 is 14.8 Å². The van der Waals surface area contributed by atoms with Crippen LogP contribution in [0.5, 0.6) is 0 Å². The smallest absolute Gasteiger partial charge is 0.308 e. The van der Waals surface area contributed by atoms with Gasteiger partial charge in [-0.25, -0.2) is 0 Å². The van der Waals surface area contributed by atoms with Gasteiger partial charge in [0.1, 0.15) is 0 Å². The number of carbonyl (C=O) groups excluding carboxylic acids is 1. The second-order valence-electron chi connectivity index (χ2n) is 2.71. The number of aliphatic carboxylic acids is 1. The summed E-state index contributed by atoms with van der Waals surface area (Å²) in [7, 11) is 0. The minimum Gasteiger partial charge on any atom is -0.520 e. The van der Waals surface area contributed by atoms with Gasteiger partial charge in [-0.1, -0.05) is 0 Å². The third-order valence-corrected chi connectivity index (χ3v) is 1.90. The summed E-state index contributed by atoms with van der Waals surface area (Å²) in [6.45, 7) is 0.964. The van der Waals surface area contributed by atoms with Gasteiger partial charge in [0, 0.05) is 39.3 Å². The van der Waals surface area contributed by atoms with E-state index in [0.717, 1.165) is 6.42 Å². The van der Waals surface area contributed by atoms with Crippen molar-refractivity contribution in [2.45, 2.75) is 12.8 Å². The molecule has 1 unspecified atom stereocenters. The fourth-order valence-corrected chi connectivity index (χ4v) is 1.26. The Hall–Kier alpha value is 0.0439. The van der Waals surface area contributed by atoms with E-state index >= 15 is 0 Å². The molecule has 5 heteroatoms. The minimum atomic E-state index is -0.815. The Morgan fingerprint density at radius 1 is 1.58 bits per heavy atom. The van der Waals surface area contributed by atoms with Gasteiger partial charge in [0.2, 0.25) is 0 Å². The minimum absolute atomic E-state index is 0. The number of hydrogen-bond donors (Lipinski definition) is 1. The average molecular weight is 245 g/mol. The predicted octanol–water partition coefficient (Wildman–Crippen LogP) is -0.152. The maximum atomic E-state index is 10.5. The first kappa shape index (κ1) is 12.0. The molecule has 0 spiro atoms. The van der Waals surface area contributed by atoms with Crippen molar-refractivity contribution in [1.82, 2.24) is 4.90 Å². The zero-order valence-electron chi connectivity index (χ0n) is 6.69. The molecule has 0 aromatic heterocycles. The quantitative estimate of drug-likeness (QED) is 0.688. The Morgan fingerprint density at radius 2 is 2.25 bits per heavy atom. The second-order valence-corrected chi connectivity index (χ2v) is 2.71. The Morgan fingerprint density at radius 3 is 2.75 bits per heavy atom. The molecular weight excluding hydrogens is 235 g/mol. The molecule has 12 heavy (non-hydrogen) atoms. The van der Waals surface area contributed by atoms with Crippen LogP contribution in [-0.2, 0) is 42.3 Å². The zero-order chi connectivity index (χ0) is 8.27. The topological polar surface area (TPSA) is 57.6 Å². The van der Waals surface area contributed by atoms with Gasteiger partial charge in [0.25, 0.3) is 0 Å². The Labute approximate surface area is 96.2 Å². The van der Waals surface area contributed by atoms with Gasteiger partial charge in [-0.05, 0) is 19.4 Å². The molecule has 1 fully saturated rings. The van der Waals surface area contributed by atoms with Crippen molar-refractivity contribution < 1.29 is 47.4 Å². The molecule has 1 N–H and O–H groups in total. The van der Waals surface area contributed by atoms with E-state index in [1.807, 2.05) is 0 Å². The van der Waals surface area contributed by atoms with Gasteiger partial charge in [-0.3, -0.25) is 4.79 Å². The SMILES string of the molecule is O=[C-]N1CCCC(C(=O)O)C1.[Y]. The Balaban J connectivity index is 0.00000121. The van der Waals surface area contributed by atoms with Crippen molar-refractivity contribution in [3.63, 3.8) is 0 Å². The number of rotatable bonds is 2. The van der Waals surface area contributed by atoms with E-state index in [2.05, 4.69) is 0 Å². The fraction of sp³-hybridized carbons (Fsp3) is 0.714. The van der Waals surface area contributed by atoms with Gasteiger partial charge >= 0.3 is 5.97 Å². The molecule has 1 atom stereocenters. The van der Waals surface area contributed by atoms with Crippen molar-refractivity contribution >= 4 is 12.4 Å².